The monoisotopic (exact) mass is 390 g/mol. The predicted molar refractivity (Wildman–Crippen MR) is 102 cm³/mol. The molecule has 8 heteroatoms. The fraction of sp³-hybridized carbons (Fsp3) is 0.211. The lowest BCUT2D eigenvalue weighted by Gasteiger charge is -2.15. The van der Waals surface area contributed by atoms with E-state index in [0.29, 0.717) is 11.3 Å². The van der Waals surface area contributed by atoms with Crippen LogP contribution in [0.15, 0.2) is 36.4 Å². The van der Waals surface area contributed by atoms with Crippen LogP contribution < -0.4 is 15.8 Å². The highest BCUT2D eigenvalue weighted by atomic mass is 35.5. The standard InChI is InChI=1S/C19H19ClN2O5/c1-10(23)12-4-6-13(7-5-12)22-18(24)11(2)27-19(25)14-8-15(20)16(21)9-17(14)26-3/h4-9,11H,21H2,1-3H3,(H,22,24)/t11-/m1/s1. The average molecular weight is 391 g/mol. The van der Waals surface area contributed by atoms with Crippen LogP contribution in [-0.4, -0.2) is 30.9 Å². The van der Waals surface area contributed by atoms with Crippen molar-refractivity contribution in [3.05, 3.63) is 52.5 Å². The van der Waals surface area contributed by atoms with Crippen LogP contribution in [0.4, 0.5) is 11.4 Å². The van der Waals surface area contributed by atoms with Gasteiger partial charge < -0.3 is 20.5 Å². The van der Waals surface area contributed by atoms with Crippen LogP contribution in [0.5, 0.6) is 5.75 Å². The molecule has 0 spiro atoms. The number of ketones is 1. The number of nitrogen functional groups attached to an aromatic ring is 1. The first-order valence-electron chi connectivity index (χ1n) is 7.98. The fourth-order valence-corrected chi connectivity index (χ4v) is 2.37. The Morgan fingerprint density at radius 3 is 2.33 bits per heavy atom. The van der Waals surface area contributed by atoms with E-state index in [1.54, 1.807) is 24.3 Å². The molecule has 0 unspecified atom stereocenters. The topological polar surface area (TPSA) is 108 Å². The van der Waals surface area contributed by atoms with Crippen LogP contribution in [0.1, 0.15) is 34.6 Å². The smallest absolute Gasteiger partial charge is 0.342 e. The van der Waals surface area contributed by atoms with Gasteiger partial charge in [-0.3, -0.25) is 9.59 Å². The largest absolute Gasteiger partial charge is 0.496 e. The number of methoxy groups -OCH3 is 1. The lowest BCUT2D eigenvalue weighted by molar-refractivity contribution is -0.123. The summed E-state index contributed by atoms with van der Waals surface area (Å²) in [5.74, 6) is -1.19. The summed E-state index contributed by atoms with van der Waals surface area (Å²) in [5.41, 5.74) is 6.99. The molecular weight excluding hydrogens is 372 g/mol. The fourth-order valence-electron chi connectivity index (χ4n) is 2.21. The molecule has 0 aromatic heterocycles. The Kier molecular flexibility index (Phi) is 6.41. The first-order valence-corrected chi connectivity index (χ1v) is 8.36. The number of carbonyl (C=O) groups is 3. The van der Waals surface area contributed by atoms with E-state index in [0.717, 1.165) is 0 Å². The van der Waals surface area contributed by atoms with Crippen LogP contribution >= 0.6 is 11.6 Å². The highest BCUT2D eigenvalue weighted by Gasteiger charge is 2.22. The first-order chi connectivity index (χ1) is 12.7. The summed E-state index contributed by atoms with van der Waals surface area (Å²) in [4.78, 5) is 35.9. The molecule has 2 aromatic rings. The molecule has 7 nitrogen and oxygen atoms in total. The van der Waals surface area contributed by atoms with Gasteiger partial charge in [0.25, 0.3) is 5.91 Å². The number of nitrogens with one attached hydrogen (secondary N) is 1. The molecular formula is C19H19ClN2O5. The number of carbonyl (C=O) groups excluding carboxylic acids is 3. The van der Waals surface area contributed by atoms with Gasteiger partial charge in [0.1, 0.15) is 11.3 Å². The number of halogens is 1. The SMILES string of the molecule is COc1cc(N)c(Cl)cc1C(=O)O[C@H](C)C(=O)Nc1ccc(C(C)=O)cc1. The van der Waals surface area contributed by atoms with E-state index >= 15 is 0 Å². The molecule has 2 rings (SSSR count). The Bertz CT molecular complexity index is 880. The van der Waals surface area contributed by atoms with Crippen molar-refractivity contribution in [3.63, 3.8) is 0 Å². The molecule has 0 bridgehead atoms. The maximum Gasteiger partial charge on any atom is 0.342 e. The Balaban J connectivity index is 2.06. The highest BCUT2D eigenvalue weighted by Crippen LogP contribution is 2.29. The molecule has 1 amide bonds. The maximum absolute atomic E-state index is 12.4. The van der Waals surface area contributed by atoms with Gasteiger partial charge in [0, 0.05) is 17.3 Å². The minimum Gasteiger partial charge on any atom is -0.496 e. The van der Waals surface area contributed by atoms with Gasteiger partial charge >= 0.3 is 5.97 Å². The van der Waals surface area contributed by atoms with E-state index in [2.05, 4.69) is 5.32 Å². The van der Waals surface area contributed by atoms with E-state index in [4.69, 9.17) is 26.8 Å². The number of hydrogen-bond donors (Lipinski definition) is 2. The summed E-state index contributed by atoms with van der Waals surface area (Å²) in [6, 6.07) is 9.09. The molecule has 27 heavy (non-hydrogen) atoms. The zero-order valence-corrected chi connectivity index (χ0v) is 15.8. The third kappa shape index (κ3) is 4.98. The molecule has 3 N–H and O–H groups in total. The third-order valence-corrected chi connectivity index (χ3v) is 4.08. The average Bonchev–Trinajstić information content (AvgIpc) is 2.63. The minimum absolute atomic E-state index is 0.0576. The number of anilines is 2. The number of rotatable bonds is 6. The van der Waals surface area contributed by atoms with Gasteiger partial charge in [0.2, 0.25) is 0 Å². The molecule has 0 aliphatic carbocycles. The second-order valence-electron chi connectivity index (χ2n) is 5.74. The van der Waals surface area contributed by atoms with Gasteiger partial charge in [-0.15, -0.1) is 0 Å². The normalized spacial score (nSPS) is 11.4. The molecule has 142 valence electrons. The summed E-state index contributed by atoms with van der Waals surface area (Å²) in [6.07, 6.45) is -1.08. The third-order valence-electron chi connectivity index (χ3n) is 3.75. The van der Waals surface area contributed by atoms with Gasteiger partial charge in [0.05, 0.1) is 17.8 Å². The van der Waals surface area contributed by atoms with Crippen LogP contribution in [-0.2, 0) is 9.53 Å². The van der Waals surface area contributed by atoms with Crippen LogP contribution in [0.25, 0.3) is 0 Å². The Morgan fingerprint density at radius 2 is 1.78 bits per heavy atom. The molecule has 2 aromatic carbocycles. The maximum atomic E-state index is 12.4. The molecule has 0 aliphatic heterocycles. The van der Waals surface area contributed by atoms with Crippen molar-refractivity contribution in [1.82, 2.24) is 0 Å². The highest BCUT2D eigenvalue weighted by molar-refractivity contribution is 6.33. The van der Waals surface area contributed by atoms with Crippen molar-refractivity contribution in [1.29, 1.82) is 0 Å². The second-order valence-corrected chi connectivity index (χ2v) is 6.15. The van der Waals surface area contributed by atoms with Crippen LogP contribution in [0, 0.1) is 0 Å². The van der Waals surface area contributed by atoms with Gasteiger partial charge in [-0.1, -0.05) is 11.6 Å². The van der Waals surface area contributed by atoms with Gasteiger partial charge in [-0.05, 0) is 44.2 Å². The summed E-state index contributed by atoms with van der Waals surface area (Å²) < 4.78 is 10.3. The quantitative estimate of drug-likeness (QED) is 0.445. The molecule has 0 aliphatic rings. The summed E-state index contributed by atoms with van der Waals surface area (Å²) in [7, 11) is 1.38. The zero-order valence-electron chi connectivity index (χ0n) is 15.0. The number of esters is 1. The van der Waals surface area contributed by atoms with Crippen LogP contribution in [0.2, 0.25) is 5.02 Å². The van der Waals surface area contributed by atoms with Crippen molar-refractivity contribution in [2.24, 2.45) is 0 Å². The van der Waals surface area contributed by atoms with Crippen LogP contribution in [0.3, 0.4) is 0 Å². The summed E-state index contributed by atoms with van der Waals surface area (Å²) in [6.45, 7) is 2.88. The van der Waals surface area contributed by atoms with Crippen molar-refractivity contribution < 1.29 is 23.9 Å². The van der Waals surface area contributed by atoms with Gasteiger partial charge in [0.15, 0.2) is 11.9 Å². The van der Waals surface area contributed by atoms with Crippen molar-refractivity contribution in [2.45, 2.75) is 20.0 Å². The summed E-state index contributed by atoms with van der Waals surface area (Å²) in [5, 5.41) is 2.78. The van der Waals surface area contributed by atoms with Crippen molar-refractivity contribution >= 4 is 40.6 Å². The van der Waals surface area contributed by atoms with Gasteiger partial charge in [-0.25, -0.2) is 4.79 Å². The predicted octanol–water partition coefficient (Wildman–Crippen LogP) is 3.32. The van der Waals surface area contributed by atoms with E-state index in [-0.39, 0.29) is 27.8 Å². The molecule has 1 atom stereocenters. The molecule has 0 radical (unpaired) electrons. The van der Waals surface area contributed by atoms with E-state index in [1.807, 2.05) is 0 Å². The molecule has 0 fully saturated rings. The number of benzene rings is 2. The molecule has 0 saturated heterocycles. The number of Topliss-reactive ketones (excluding diaryl/α,β-unsaturated/α-hetero) is 1. The number of amides is 1. The zero-order chi connectivity index (χ0) is 20.1. The Hall–Kier alpha value is -3.06. The second kappa shape index (κ2) is 8.55. The van der Waals surface area contributed by atoms with Gasteiger partial charge in [-0.2, -0.15) is 0 Å². The minimum atomic E-state index is -1.08. The Morgan fingerprint density at radius 1 is 1.15 bits per heavy atom. The van der Waals surface area contributed by atoms with E-state index in [1.165, 1.54) is 33.1 Å². The van der Waals surface area contributed by atoms with Crippen molar-refractivity contribution in [3.8, 4) is 5.75 Å². The number of nitrogens with two attached hydrogens (primary N) is 1. The number of ether oxygens (including phenoxy) is 2. The van der Waals surface area contributed by atoms with Crippen molar-refractivity contribution in [2.75, 3.05) is 18.2 Å². The summed E-state index contributed by atoms with van der Waals surface area (Å²) >= 11 is 5.94. The Labute approximate surface area is 161 Å². The van der Waals surface area contributed by atoms with E-state index in [9.17, 15) is 14.4 Å². The molecule has 0 heterocycles. The van der Waals surface area contributed by atoms with E-state index < -0.39 is 18.0 Å². The molecule has 0 saturated carbocycles. The first kappa shape index (κ1) is 20.3. The lowest BCUT2D eigenvalue weighted by atomic mass is 10.1. The lowest BCUT2D eigenvalue weighted by Crippen LogP contribution is -2.30. The number of hydrogen-bond acceptors (Lipinski definition) is 6.